The highest BCUT2D eigenvalue weighted by atomic mass is 32.1. The lowest BCUT2D eigenvalue weighted by molar-refractivity contribution is -0.114. The second kappa shape index (κ2) is 15.4. The Bertz CT molecular complexity index is 1090. The average Bonchev–Trinajstić information content (AvgIpc) is 3.49. The van der Waals surface area contributed by atoms with E-state index in [9.17, 15) is 4.79 Å². The first-order valence-corrected chi connectivity index (χ1v) is 16.1. The van der Waals surface area contributed by atoms with Gasteiger partial charge in [-0.2, -0.15) is 10.1 Å². The maximum absolute atomic E-state index is 13.4. The number of nitrogens with zero attached hydrogens (tertiary/aromatic N) is 4. The zero-order valence-corrected chi connectivity index (χ0v) is 26.2. The first-order valence-electron chi connectivity index (χ1n) is 15.2. The van der Waals surface area contributed by atoms with Crippen molar-refractivity contribution >= 4 is 39.9 Å². The molecule has 0 radical (unpaired) electrons. The summed E-state index contributed by atoms with van der Waals surface area (Å²) in [6.07, 6.45) is 12.0. The van der Waals surface area contributed by atoms with Crippen molar-refractivity contribution in [1.29, 1.82) is 0 Å². The summed E-state index contributed by atoms with van der Waals surface area (Å²) in [6.45, 7) is 17.7. The summed E-state index contributed by atoms with van der Waals surface area (Å²) in [5.74, 6) is 1.54. The van der Waals surface area contributed by atoms with Gasteiger partial charge in [0.1, 0.15) is 0 Å². The molecule has 2 unspecified atom stereocenters. The Morgan fingerprint density at radius 2 is 1.54 bits per heavy atom. The predicted molar refractivity (Wildman–Crippen MR) is 170 cm³/mol. The Hall–Kier alpha value is -2.47. The molecule has 2 atom stereocenters. The SMILES string of the molecule is CCCCC(CC)CN(CC(CC)CCCC)c1nc(C(C)C)c(/C=C2\C(=O)N(c3ccccc3)N=C2C)s1. The average molecular weight is 551 g/mol. The first kappa shape index (κ1) is 31.1. The molecule has 214 valence electrons. The standard InChI is InChI=1S/C33H50N4OS/c1-8-12-17-26(10-3)22-36(23-27(11-4)18-13-9-2)33-34-31(24(5)6)30(39-33)21-29-25(7)35-37(32(29)38)28-19-15-14-16-20-28/h14-16,19-21,24,26-27H,8-13,17-18,22-23H2,1-7H3/b29-21-. The van der Waals surface area contributed by atoms with Crippen LogP contribution in [0.2, 0.25) is 0 Å². The zero-order valence-electron chi connectivity index (χ0n) is 25.4. The molecule has 2 aromatic rings. The van der Waals surface area contributed by atoms with Gasteiger partial charge in [-0.3, -0.25) is 4.79 Å². The number of para-hydroxylation sites is 1. The molecule has 0 bridgehead atoms. The minimum atomic E-state index is -0.0727. The second-order valence-electron chi connectivity index (χ2n) is 11.3. The summed E-state index contributed by atoms with van der Waals surface area (Å²) < 4.78 is 0. The fraction of sp³-hybridized carbons (Fsp3) is 0.606. The number of carbonyl (C=O) groups excluding carboxylic acids is 1. The number of unbranched alkanes of at least 4 members (excludes halogenated alkanes) is 2. The molecule has 1 amide bonds. The summed E-state index contributed by atoms with van der Waals surface area (Å²) in [7, 11) is 0. The van der Waals surface area contributed by atoms with Crippen molar-refractivity contribution in [3.05, 3.63) is 46.5 Å². The third-order valence-corrected chi connectivity index (χ3v) is 8.95. The molecule has 2 heterocycles. The second-order valence-corrected chi connectivity index (χ2v) is 12.3. The summed E-state index contributed by atoms with van der Waals surface area (Å²) in [5, 5.41) is 7.22. The van der Waals surface area contributed by atoms with Crippen LogP contribution < -0.4 is 9.91 Å². The number of rotatable bonds is 16. The van der Waals surface area contributed by atoms with Crippen molar-refractivity contribution in [2.24, 2.45) is 16.9 Å². The Morgan fingerprint density at radius 1 is 0.949 bits per heavy atom. The molecule has 39 heavy (non-hydrogen) atoms. The van der Waals surface area contributed by atoms with Crippen LogP contribution in [-0.4, -0.2) is 29.7 Å². The van der Waals surface area contributed by atoms with E-state index in [2.05, 4.69) is 51.5 Å². The van der Waals surface area contributed by atoms with Crippen LogP contribution >= 0.6 is 11.3 Å². The molecule has 1 aliphatic rings. The van der Waals surface area contributed by atoms with Gasteiger partial charge in [-0.1, -0.05) is 110 Å². The van der Waals surface area contributed by atoms with E-state index >= 15 is 0 Å². The van der Waals surface area contributed by atoms with E-state index in [0.29, 0.717) is 17.4 Å². The van der Waals surface area contributed by atoms with Gasteiger partial charge < -0.3 is 4.90 Å². The monoisotopic (exact) mass is 550 g/mol. The van der Waals surface area contributed by atoms with Crippen molar-refractivity contribution in [3.63, 3.8) is 0 Å². The summed E-state index contributed by atoms with van der Waals surface area (Å²) in [5.41, 5.74) is 3.28. The van der Waals surface area contributed by atoms with Crippen LogP contribution in [-0.2, 0) is 4.79 Å². The largest absolute Gasteiger partial charge is 0.348 e. The maximum atomic E-state index is 13.4. The molecule has 1 aliphatic heterocycles. The van der Waals surface area contributed by atoms with Crippen molar-refractivity contribution in [1.82, 2.24) is 4.98 Å². The van der Waals surface area contributed by atoms with E-state index in [4.69, 9.17) is 4.98 Å². The molecular weight excluding hydrogens is 500 g/mol. The molecule has 0 N–H and O–H groups in total. The van der Waals surface area contributed by atoms with E-state index in [1.165, 1.54) is 56.4 Å². The van der Waals surface area contributed by atoms with Crippen LogP contribution in [0.1, 0.15) is 116 Å². The van der Waals surface area contributed by atoms with Gasteiger partial charge in [0.05, 0.1) is 27.5 Å². The van der Waals surface area contributed by atoms with E-state index in [1.807, 2.05) is 43.3 Å². The molecule has 0 saturated carbocycles. The van der Waals surface area contributed by atoms with Gasteiger partial charge in [-0.25, -0.2) is 4.98 Å². The van der Waals surface area contributed by atoms with E-state index < -0.39 is 0 Å². The number of hydrogen-bond acceptors (Lipinski definition) is 5. The van der Waals surface area contributed by atoms with E-state index in [1.54, 1.807) is 11.3 Å². The first-order chi connectivity index (χ1) is 18.8. The van der Waals surface area contributed by atoms with Gasteiger partial charge in [0.25, 0.3) is 5.91 Å². The number of benzene rings is 1. The molecule has 3 rings (SSSR count). The third kappa shape index (κ3) is 8.26. The molecule has 6 heteroatoms. The van der Waals surface area contributed by atoms with Crippen LogP contribution in [0.25, 0.3) is 6.08 Å². The van der Waals surface area contributed by atoms with Gasteiger partial charge in [-0.05, 0) is 55.7 Å². The molecule has 0 spiro atoms. The predicted octanol–water partition coefficient (Wildman–Crippen LogP) is 9.31. The quantitative estimate of drug-likeness (QED) is 0.196. The zero-order chi connectivity index (χ0) is 28.4. The number of carbonyl (C=O) groups is 1. The van der Waals surface area contributed by atoms with Crippen molar-refractivity contribution < 1.29 is 4.79 Å². The normalized spacial score (nSPS) is 16.3. The van der Waals surface area contributed by atoms with Gasteiger partial charge in [0, 0.05) is 13.1 Å². The van der Waals surface area contributed by atoms with Crippen molar-refractivity contribution in [2.75, 3.05) is 23.0 Å². The summed E-state index contributed by atoms with van der Waals surface area (Å²) >= 11 is 1.75. The number of hydrazone groups is 1. The Morgan fingerprint density at radius 3 is 2.05 bits per heavy atom. The van der Waals surface area contributed by atoms with Crippen molar-refractivity contribution in [3.8, 4) is 0 Å². The molecule has 0 saturated heterocycles. The lowest BCUT2D eigenvalue weighted by atomic mass is 9.96. The highest BCUT2D eigenvalue weighted by molar-refractivity contribution is 7.16. The molecule has 1 aromatic carbocycles. The number of anilines is 2. The summed E-state index contributed by atoms with van der Waals surface area (Å²) in [4.78, 5) is 22.3. The van der Waals surface area contributed by atoms with Crippen LogP contribution in [0.4, 0.5) is 10.8 Å². The highest BCUT2D eigenvalue weighted by Crippen LogP contribution is 2.36. The van der Waals surface area contributed by atoms with Crippen LogP contribution in [0.3, 0.4) is 0 Å². The minimum Gasteiger partial charge on any atom is -0.348 e. The molecule has 0 fully saturated rings. The van der Waals surface area contributed by atoms with E-state index in [-0.39, 0.29) is 11.8 Å². The van der Waals surface area contributed by atoms with Crippen LogP contribution in [0.5, 0.6) is 0 Å². The summed E-state index contributed by atoms with van der Waals surface area (Å²) in [6, 6.07) is 9.67. The van der Waals surface area contributed by atoms with E-state index in [0.717, 1.165) is 40.2 Å². The fourth-order valence-corrected chi connectivity index (χ4v) is 6.41. The molecular formula is C33H50N4OS. The molecule has 1 aromatic heterocycles. The lowest BCUT2D eigenvalue weighted by Gasteiger charge is -2.30. The number of aromatic nitrogens is 1. The fourth-order valence-electron chi connectivity index (χ4n) is 5.23. The smallest absolute Gasteiger partial charge is 0.280 e. The van der Waals surface area contributed by atoms with Crippen molar-refractivity contribution in [2.45, 2.75) is 106 Å². The van der Waals surface area contributed by atoms with Gasteiger partial charge in [0.2, 0.25) is 0 Å². The van der Waals surface area contributed by atoms with Crippen LogP contribution in [0, 0.1) is 11.8 Å². The highest BCUT2D eigenvalue weighted by Gasteiger charge is 2.30. The third-order valence-electron chi connectivity index (χ3n) is 7.87. The lowest BCUT2D eigenvalue weighted by Crippen LogP contribution is -2.34. The Labute approximate surface area is 241 Å². The van der Waals surface area contributed by atoms with Gasteiger partial charge >= 0.3 is 0 Å². The topological polar surface area (TPSA) is 48.8 Å². The van der Waals surface area contributed by atoms with Gasteiger partial charge in [0.15, 0.2) is 5.13 Å². The number of hydrogen-bond donors (Lipinski definition) is 0. The molecule has 0 aliphatic carbocycles. The maximum Gasteiger partial charge on any atom is 0.280 e. The van der Waals surface area contributed by atoms with Gasteiger partial charge in [-0.15, -0.1) is 0 Å². The Balaban J connectivity index is 1.96. The Kier molecular flexibility index (Phi) is 12.2. The molecule has 5 nitrogen and oxygen atoms in total. The van der Waals surface area contributed by atoms with Crippen LogP contribution in [0.15, 0.2) is 41.0 Å². The number of thiazole rings is 1. The number of amides is 1. The minimum absolute atomic E-state index is 0.0727.